The van der Waals surface area contributed by atoms with Crippen LogP contribution in [0, 0.1) is 0 Å². The van der Waals surface area contributed by atoms with Crippen molar-refractivity contribution in [2.24, 2.45) is 0 Å². The van der Waals surface area contributed by atoms with Crippen LogP contribution in [0.5, 0.6) is 0 Å². The normalized spacial score (nSPS) is 20.8. The molecule has 1 aliphatic rings. The topological polar surface area (TPSA) is 58.6 Å². The Balaban J connectivity index is 3.35. The van der Waals surface area contributed by atoms with Crippen molar-refractivity contribution in [2.75, 3.05) is 7.11 Å². The van der Waals surface area contributed by atoms with Gasteiger partial charge in [0.15, 0.2) is 6.04 Å². The maximum absolute atomic E-state index is 12.6. The predicted molar refractivity (Wildman–Crippen MR) is 48.8 cm³/mol. The molecule has 1 rings (SSSR count). The zero-order chi connectivity index (χ0) is 15.0. The van der Waals surface area contributed by atoms with Gasteiger partial charge in [0, 0.05) is 6.08 Å². The number of hydrogen-bond acceptors (Lipinski definition) is 4. The minimum absolute atomic E-state index is 0.00546. The van der Waals surface area contributed by atoms with Gasteiger partial charge in [-0.3, -0.25) is 0 Å². The van der Waals surface area contributed by atoms with Gasteiger partial charge in [-0.2, -0.15) is 26.3 Å². The highest BCUT2D eigenvalue weighted by Crippen LogP contribution is 2.35. The van der Waals surface area contributed by atoms with Gasteiger partial charge in [0.1, 0.15) is 17.0 Å². The molecule has 0 amide bonds. The molecule has 0 bridgehead atoms. The number of nitrogens with one attached hydrogen (secondary N) is 1. The number of esters is 1. The molecule has 19 heavy (non-hydrogen) atoms. The molecule has 0 fully saturated rings. The first-order valence-corrected chi connectivity index (χ1v) is 4.62. The number of alkyl halides is 6. The number of aliphatic hydroxyl groups excluding tert-OH is 1. The summed E-state index contributed by atoms with van der Waals surface area (Å²) in [5, 5.41) is 10.3. The molecule has 1 unspecified atom stereocenters. The molecule has 4 nitrogen and oxygen atoms in total. The smallest absolute Gasteiger partial charge is 0.431 e. The van der Waals surface area contributed by atoms with Gasteiger partial charge >= 0.3 is 18.3 Å². The third-order valence-corrected chi connectivity index (χ3v) is 2.18. The van der Waals surface area contributed by atoms with Crippen LogP contribution < -0.4 is 5.32 Å². The molecule has 108 valence electrons. The first kappa shape index (κ1) is 15.2. The zero-order valence-corrected chi connectivity index (χ0v) is 9.19. The Morgan fingerprint density at radius 2 is 1.84 bits per heavy atom. The lowest BCUT2D eigenvalue weighted by atomic mass is 10.0. The van der Waals surface area contributed by atoms with Gasteiger partial charge in [-0.05, 0) is 0 Å². The average Bonchev–Trinajstić information content (AvgIpc) is 2.24. The second-order valence-corrected chi connectivity index (χ2v) is 3.47. The Labute approximate surface area is 102 Å². The minimum atomic E-state index is -5.22. The number of hydrogen-bond donors (Lipinski definition) is 2. The first-order chi connectivity index (χ1) is 8.48. The van der Waals surface area contributed by atoms with E-state index in [-0.39, 0.29) is 6.08 Å². The van der Waals surface area contributed by atoms with Crippen molar-refractivity contribution in [3.05, 3.63) is 23.1 Å². The van der Waals surface area contributed by atoms with Crippen molar-refractivity contribution in [1.29, 1.82) is 0 Å². The van der Waals surface area contributed by atoms with Crippen molar-refractivity contribution in [3.8, 4) is 0 Å². The molecule has 0 spiro atoms. The van der Waals surface area contributed by atoms with Crippen LogP contribution in [-0.4, -0.2) is 36.6 Å². The van der Waals surface area contributed by atoms with Gasteiger partial charge < -0.3 is 15.2 Å². The zero-order valence-electron chi connectivity index (χ0n) is 9.19. The van der Waals surface area contributed by atoms with Gasteiger partial charge in [0.25, 0.3) is 0 Å². The maximum Gasteiger partial charge on any atom is 0.431 e. The SMILES string of the molecule is COC(=O)C1=C(O)C=C(C(F)(F)F)NC1C(F)(F)F. The Kier molecular flexibility index (Phi) is 3.73. The molecule has 0 radical (unpaired) electrons. The first-order valence-electron chi connectivity index (χ1n) is 4.62. The monoisotopic (exact) mass is 291 g/mol. The standard InChI is InChI=1S/C9H7F6NO3/c1-19-7(18)5-3(17)2-4(8(10,11)12)16-6(5)9(13,14)15/h2,6,16-17H,1H3. The van der Waals surface area contributed by atoms with Crippen molar-refractivity contribution >= 4 is 5.97 Å². The highest BCUT2D eigenvalue weighted by atomic mass is 19.4. The van der Waals surface area contributed by atoms with Crippen LogP contribution in [0.15, 0.2) is 23.1 Å². The van der Waals surface area contributed by atoms with Crippen LogP contribution in [0.2, 0.25) is 0 Å². The van der Waals surface area contributed by atoms with E-state index in [1.54, 1.807) is 0 Å². The summed E-state index contributed by atoms with van der Waals surface area (Å²) in [6.45, 7) is 0. The van der Waals surface area contributed by atoms with Gasteiger partial charge in [-0.15, -0.1) is 0 Å². The molecular formula is C9H7F6NO3. The van der Waals surface area contributed by atoms with E-state index in [1.165, 1.54) is 0 Å². The fraction of sp³-hybridized carbons (Fsp3) is 0.444. The highest BCUT2D eigenvalue weighted by Gasteiger charge is 2.51. The lowest BCUT2D eigenvalue weighted by molar-refractivity contribution is -0.161. The van der Waals surface area contributed by atoms with E-state index in [2.05, 4.69) is 4.74 Å². The number of rotatable bonds is 1. The average molecular weight is 291 g/mol. The van der Waals surface area contributed by atoms with Crippen LogP contribution in [0.1, 0.15) is 0 Å². The number of aliphatic hydroxyl groups is 1. The van der Waals surface area contributed by atoms with Crippen molar-refractivity contribution in [1.82, 2.24) is 5.32 Å². The van der Waals surface area contributed by atoms with E-state index in [9.17, 15) is 36.2 Å². The van der Waals surface area contributed by atoms with E-state index in [1.807, 2.05) is 0 Å². The number of allylic oxidation sites excluding steroid dienone is 2. The molecule has 1 aliphatic heterocycles. The van der Waals surface area contributed by atoms with E-state index >= 15 is 0 Å². The molecule has 0 aromatic carbocycles. The summed E-state index contributed by atoms with van der Waals surface area (Å²) in [5.41, 5.74) is -3.14. The summed E-state index contributed by atoms with van der Waals surface area (Å²) < 4.78 is 78.9. The summed E-state index contributed by atoms with van der Waals surface area (Å²) >= 11 is 0. The Morgan fingerprint density at radius 1 is 1.32 bits per heavy atom. The van der Waals surface area contributed by atoms with Crippen molar-refractivity contribution < 1.29 is 41.0 Å². The predicted octanol–water partition coefficient (Wildman–Crippen LogP) is 1.95. The second-order valence-electron chi connectivity index (χ2n) is 3.47. The summed E-state index contributed by atoms with van der Waals surface area (Å²) in [6, 6.07) is -3.00. The summed E-state index contributed by atoms with van der Waals surface area (Å²) in [4.78, 5) is 11.1. The number of ether oxygens (including phenoxy) is 1. The van der Waals surface area contributed by atoms with E-state index in [4.69, 9.17) is 0 Å². The molecule has 0 aromatic heterocycles. The Hall–Kier alpha value is -1.87. The summed E-state index contributed by atoms with van der Waals surface area (Å²) in [6.07, 6.45) is -10.4. The van der Waals surface area contributed by atoms with Crippen LogP contribution >= 0.6 is 0 Å². The second kappa shape index (κ2) is 4.67. The van der Waals surface area contributed by atoms with Gasteiger partial charge in [-0.25, -0.2) is 4.79 Å². The number of carbonyl (C=O) groups is 1. The Morgan fingerprint density at radius 3 is 2.21 bits per heavy atom. The number of dihydropyridines is 1. The van der Waals surface area contributed by atoms with Crippen molar-refractivity contribution in [3.63, 3.8) is 0 Å². The van der Waals surface area contributed by atoms with Gasteiger partial charge in [-0.1, -0.05) is 0 Å². The van der Waals surface area contributed by atoms with Gasteiger partial charge in [0.05, 0.1) is 7.11 Å². The van der Waals surface area contributed by atoms with Gasteiger partial charge in [0.2, 0.25) is 0 Å². The number of halogens is 6. The fourth-order valence-electron chi connectivity index (χ4n) is 1.37. The molecule has 10 heteroatoms. The van der Waals surface area contributed by atoms with E-state index < -0.39 is 41.4 Å². The third-order valence-electron chi connectivity index (χ3n) is 2.18. The quantitative estimate of drug-likeness (QED) is 0.572. The molecular weight excluding hydrogens is 284 g/mol. The third kappa shape index (κ3) is 3.12. The lowest BCUT2D eigenvalue weighted by Gasteiger charge is -2.29. The summed E-state index contributed by atoms with van der Waals surface area (Å²) in [5.74, 6) is -3.02. The maximum atomic E-state index is 12.6. The molecule has 0 aliphatic carbocycles. The number of methoxy groups -OCH3 is 1. The molecule has 1 heterocycles. The molecule has 0 saturated heterocycles. The Bertz CT molecular complexity index is 448. The molecule has 0 aromatic rings. The van der Waals surface area contributed by atoms with Crippen LogP contribution in [0.3, 0.4) is 0 Å². The minimum Gasteiger partial charge on any atom is -0.507 e. The molecule has 2 N–H and O–H groups in total. The lowest BCUT2D eigenvalue weighted by Crippen LogP contribution is -2.50. The van der Waals surface area contributed by atoms with Crippen LogP contribution in [-0.2, 0) is 9.53 Å². The number of carbonyl (C=O) groups excluding carboxylic acids is 1. The molecule has 1 atom stereocenters. The fourth-order valence-corrected chi connectivity index (χ4v) is 1.37. The van der Waals surface area contributed by atoms with Crippen LogP contribution in [0.25, 0.3) is 0 Å². The van der Waals surface area contributed by atoms with Crippen molar-refractivity contribution in [2.45, 2.75) is 18.4 Å². The van der Waals surface area contributed by atoms with E-state index in [0.717, 1.165) is 12.4 Å². The summed E-state index contributed by atoms with van der Waals surface area (Å²) in [7, 11) is 0.735. The highest BCUT2D eigenvalue weighted by molar-refractivity contribution is 5.91. The van der Waals surface area contributed by atoms with E-state index in [0.29, 0.717) is 0 Å². The van der Waals surface area contributed by atoms with Crippen LogP contribution in [0.4, 0.5) is 26.3 Å². The largest absolute Gasteiger partial charge is 0.507 e. The molecule has 0 saturated carbocycles.